The molecule has 6 heteroatoms. The van der Waals surface area contributed by atoms with E-state index < -0.39 is 0 Å². The Morgan fingerprint density at radius 2 is 2.30 bits per heavy atom. The fourth-order valence-electron chi connectivity index (χ4n) is 3.39. The first-order valence-electron chi connectivity index (χ1n) is 8.22. The number of amides is 3. The van der Waals surface area contributed by atoms with E-state index in [-0.39, 0.29) is 29.3 Å². The van der Waals surface area contributed by atoms with Crippen molar-refractivity contribution < 1.29 is 9.59 Å². The van der Waals surface area contributed by atoms with E-state index in [2.05, 4.69) is 15.6 Å². The summed E-state index contributed by atoms with van der Waals surface area (Å²) in [4.78, 5) is 30.3. The molecule has 124 valence electrons. The SMILES string of the molecule is CC(C)NC(=O)N1CC[C@@]2(C[C@@H]2C(=O)NCc2cccnc2)C1. The first kappa shape index (κ1) is 15.8. The monoisotopic (exact) mass is 316 g/mol. The van der Waals surface area contributed by atoms with Crippen LogP contribution in [0.2, 0.25) is 0 Å². The van der Waals surface area contributed by atoms with Crippen molar-refractivity contribution in [2.75, 3.05) is 13.1 Å². The quantitative estimate of drug-likeness (QED) is 0.884. The highest BCUT2D eigenvalue weighted by molar-refractivity contribution is 5.83. The van der Waals surface area contributed by atoms with Gasteiger partial charge in [-0.1, -0.05) is 6.07 Å². The third-order valence-corrected chi connectivity index (χ3v) is 4.78. The number of pyridine rings is 1. The van der Waals surface area contributed by atoms with Crippen LogP contribution >= 0.6 is 0 Å². The van der Waals surface area contributed by atoms with Crippen molar-refractivity contribution in [3.05, 3.63) is 30.1 Å². The van der Waals surface area contributed by atoms with Crippen LogP contribution in [0.1, 0.15) is 32.3 Å². The zero-order valence-corrected chi connectivity index (χ0v) is 13.7. The Hall–Kier alpha value is -2.11. The van der Waals surface area contributed by atoms with Crippen LogP contribution in [0, 0.1) is 11.3 Å². The lowest BCUT2D eigenvalue weighted by molar-refractivity contribution is -0.123. The molecule has 6 nitrogen and oxygen atoms in total. The van der Waals surface area contributed by atoms with Gasteiger partial charge in [-0.15, -0.1) is 0 Å². The van der Waals surface area contributed by atoms with Crippen molar-refractivity contribution in [2.24, 2.45) is 11.3 Å². The molecule has 1 aliphatic heterocycles. The fraction of sp³-hybridized carbons (Fsp3) is 0.588. The molecule has 2 atom stereocenters. The zero-order valence-electron chi connectivity index (χ0n) is 13.7. The van der Waals surface area contributed by atoms with Crippen molar-refractivity contribution in [3.63, 3.8) is 0 Å². The molecule has 1 spiro atoms. The average Bonchev–Trinajstić information content (AvgIpc) is 3.05. The lowest BCUT2D eigenvalue weighted by atomic mass is 10.0. The Bertz CT molecular complexity index is 590. The summed E-state index contributed by atoms with van der Waals surface area (Å²) in [6, 6.07) is 3.93. The van der Waals surface area contributed by atoms with Gasteiger partial charge in [0.05, 0.1) is 0 Å². The number of carbonyl (C=O) groups excluding carboxylic acids is 2. The number of carbonyl (C=O) groups is 2. The molecule has 1 saturated heterocycles. The highest BCUT2D eigenvalue weighted by Gasteiger charge is 2.61. The van der Waals surface area contributed by atoms with Crippen molar-refractivity contribution in [1.29, 1.82) is 0 Å². The van der Waals surface area contributed by atoms with E-state index in [1.165, 1.54) is 0 Å². The minimum Gasteiger partial charge on any atom is -0.352 e. The summed E-state index contributed by atoms with van der Waals surface area (Å²) in [6.07, 6.45) is 5.29. The van der Waals surface area contributed by atoms with E-state index in [0.717, 1.165) is 24.9 Å². The second kappa shape index (κ2) is 6.18. The molecular weight excluding hydrogens is 292 g/mol. The number of likely N-dealkylation sites (tertiary alicyclic amines) is 1. The normalized spacial score (nSPS) is 25.7. The average molecular weight is 316 g/mol. The summed E-state index contributed by atoms with van der Waals surface area (Å²) in [5, 5.41) is 5.91. The maximum Gasteiger partial charge on any atom is 0.317 e. The summed E-state index contributed by atoms with van der Waals surface area (Å²) in [5.74, 6) is 0.135. The maximum atomic E-state index is 12.3. The molecule has 2 N–H and O–H groups in total. The summed E-state index contributed by atoms with van der Waals surface area (Å²) in [7, 11) is 0. The van der Waals surface area contributed by atoms with E-state index in [4.69, 9.17) is 0 Å². The number of hydrogen-bond donors (Lipinski definition) is 2. The Balaban J connectivity index is 1.49. The molecule has 23 heavy (non-hydrogen) atoms. The van der Waals surface area contributed by atoms with Gasteiger partial charge in [-0.3, -0.25) is 9.78 Å². The molecule has 1 aromatic rings. The summed E-state index contributed by atoms with van der Waals surface area (Å²) < 4.78 is 0. The van der Waals surface area contributed by atoms with E-state index in [1.54, 1.807) is 12.4 Å². The first-order valence-corrected chi connectivity index (χ1v) is 8.22. The standard InChI is InChI=1S/C17H24N4O2/c1-12(2)20-16(23)21-7-5-17(11-21)8-14(17)15(22)19-10-13-4-3-6-18-9-13/h3-4,6,9,12,14H,5,7-8,10-11H2,1-2H3,(H,19,22)(H,20,23)/t14-,17-/m1/s1. The highest BCUT2D eigenvalue weighted by atomic mass is 16.2. The molecule has 0 unspecified atom stereocenters. The van der Waals surface area contributed by atoms with Gasteiger partial charge in [0, 0.05) is 49.4 Å². The lowest BCUT2D eigenvalue weighted by Gasteiger charge is -2.19. The molecule has 3 amide bonds. The van der Waals surface area contributed by atoms with Crippen LogP contribution in [0.4, 0.5) is 4.79 Å². The second-order valence-corrected chi connectivity index (χ2v) is 6.97. The third-order valence-electron chi connectivity index (χ3n) is 4.78. The Labute approximate surface area is 136 Å². The van der Waals surface area contributed by atoms with Gasteiger partial charge in [0.2, 0.25) is 5.91 Å². The second-order valence-electron chi connectivity index (χ2n) is 6.97. The predicted octanol–water partition coefficient (Wildman–Crippen LogP) is 1.53. The molecule has 0 aromatic carbocycles. The first-order chi connectivity index (χ1) is 11.0. The Kier molecular flexibility index (Phi) is 4.24. The van der Waals surface area contributed by atoms with Crippen LogP contribution < -0.4 is 10.6 Å². The largest absolute Gasteiger partial charge is 0.352 e. The molecule has 1 saturated carbocycles. The van der Waals surface area contributed by atoms with Gasteiger partial charge in [0.25, 0.3) is 0 Å². The van der Waals surface area contributed by atoms with Crippen LogP contribution in [0.25, 0.3) is 0 Å². The number of hydrogen-bond acceptors (Lipinski definition) is 3. The predicted molar refractivity (Wildman–Crippen MR) is 86.5 cm³/mol. The number of aromatic nitrogens is 1. The smallest absolute Gasteiger partial charge is 0.317 e. The lowest BCUT2D eigenvalue weighted by Crippen LogP contribution is -2.42. The Morgan fingerprint density at radius 3 is 3.00 bits per heavy atom. The van der Waals surface area contributed by atoms with E-state index in [0.29, 0.717) is 13.1 Å². The molecule has 2 aliphatic rings. The van der Waals surface area contributed by atoms with Crippen molar-refractivity contribution in [1.82, 2.24) is 20.5 Å². The maximum absolute atomic E-state index is 12.3. The fourth-order valence-corrected chi connectivity index (χ4v) is 3.39. The summed E-state index contributed by atoms with van der Waals surface area (Å²) >= 11 is 0. The highest BCUT2D eigenvalue weighted by Crippen LogP contribution is 2.58. The van der Waals surface area contributed by atoms with Gasteiger partial charge in [0.15, 0.2) is 0 Å². The zero-order chi connectivity index (χ0) is 16.4. The van der Waals surface area contributed by atoms with Crippen LogP contribution in [-0.4, -0.2) is 41.0 Å². The van der Waals surface area contributed by atoms with Gasteiger partial charge in [-0.05, 0) is 38.3 Å². The number of rotatable bonds is 4. The Morgan fingerprint density at radius 1 is 1.48 bits per heavy atom. The van der Waals surface area contributed by atoms with Gasteiger partial charge in [0.1, 0.15) is 0 Å². The molecule has 2 heterocycles. The van der Waals surface area contributed by atoms with E-state index >= 15 is 0 Å². The molecule has 1 aromatic heterocycles. The van der Waals surface area contributed by atoms with Gasteiger partial charge in [-0.2, -0.15) is 0 Å². The van der Waals surface area contributed by atoms with Crippen LogP contribution in [0.5, 0.6) is 0 Å². The van der Waals surface area contributed by atoms with Gasteiger partial charge >= 0.3 is 6.03 Å². The number of nitrogens with zero attached hydrogens (tertiary/aromatic N) is 2. The van der Waals surface area contributed by atoms with Gasteiger partial charge < -0.3 is 15.5 Å². The number of urea groups is 1. The number of nitrogens with one attached hydrogen (secondary N) is 2. The molecule has 3 rings (SSSR count). The topological polar surface area (TPSA) is 74.3 Å². The molecular formula is C17H24N4O2. The van der Waals surface area contributed by atoms with E-state index in [1.807, 2.05) is 30.9 Å². The van der Waals surface area contributed by atoms with Crippen LogP contribution in [0.3, 0.4) is 0 Å². The molecule has 1 aliphatic carbocycles. The minimum absolute atomic E-state index is 0.00728. The molecule has 2 fully saturated rings. The van der Waals surface area contributed by atoms with Crippen molar-refractivity contribution >= 4 is 11.9 Å². The van der Waals surface area contributed by atoms with E-state index in [9.17, 15) is 9.59 Å². The summed E-state index contributed by atoms with van der Waals surface area (Å²) in [6.45, 7) is 5.85. The van der Waals surface area contributed by atoms with Crippen molar-refractivity contribution in [2.45, 2.75) is 39.3 Å². The minimum atomic E-state index is -0.0155. The molecule has 0 bridgehead atoms. The van der Waals surface area contributed by atoms with Crippen molar-refractivity contribution in [3.8, 4) is 0 Å². The van der Waals surface area contributed by atoms with Crippen LogP contribution in [0.15, 0.2) is 24.5 Å². The van der Waals surface area contributed by atoms with Gasteiger partial charge in [-0.25, -0.2) is 4.79 Å². The molecule has 0 radical (unpaired) electrons. The summed E-state index contributed by atoms with van der Waals surface area (Å²) in [5.41, 5.74) is 1.01. The van der Waals surface area contributed by atoms with Crippen LogP contribution in [-0.2, 0) is 11.3 Å². The third kappa shape index (κ3) is 3.46.